The first-order chi connectivity index (χ1) is 8.92. The first-order valence-corrected chi connectivity index (χ1v) is 5.64. The molecule has 0 aliphatic carbocycles. The summed E-state index contributed by atoms with van der Waals surface area (Å²) in [5.74, 6) is -1.67. The van der Waals surface area contributed by atoms with Crippen LogP contribution in [0, 0.1) is 0 Å². The molecule has 0 fully saturated rings. The van der Waals surface area contributed by atoms with E-state index in [0.29, 0.717) is 0 Å². The topological polar surface area (TPSA) is 86.6 Å². The highest BCUT2D eigenvalue weighted by Crippen LogP contribution is 2.25. The predicted octanol–water partition coefficient (Wildman–Crippen LogP) is 0.947. The van der Waals surface area contributed by atoms with E-state index in [0.717, 1.165) is 0 Å². The van der Waals surface area contributed by atoms with Gasteiger partial charge in [-0.2, -0.15) is 0 Å². The lowest BCUT2D eigenvalue weighted by atomic mass is 10.2. The van der Waals surface area contributed by atoms with Crippen LogP contribution in [0.3, 0.4) is 0 Å². The van der Waals surface area contributed by atoms with Crippen LogP contribution in [0.2, 0.25) is 0 Å². The third-order valence-electron chi connectivity index (χ3n) is 2.36. The number of anilines is 1. The Hall–Kier alpha value is -2.31. The van der Waals surface area contributed by atoms with Crippen LogP contribution < -0.4 is 5.32 Å². The number of hydrogen-bond acceptors (Lipinski definition) is 5. The van der Waals surface area contributed by atoms with Gasteiger partial charge in [0.1, 0.15) is 5.56 Å². The molecule has 1 N–H and O–H groups in total. The zero-order valence-electron chi connectivity index (χ0n) is 11.3. The molecule has 0 saturated carbocycles. The Balaban J connectivity index is 3.35. The fourth-order valence-electron chi connectivity index (χ4n) is 1.64. The molecule has 0 atom stereocenters. The van der Waals surface area contributed by atoms with E-state index in [1.54, 1.807) is 14.0 Å². The standard InChI is InChI=1S/C12H16N2O5/c1-5-19-11(16)8-6-14(3)10(12(17)18-4)9(8)13-7(2)15/h6H,5H2,1-4H3,(H,13,15). The Bertz CT molecular complexity index is 518. The van der Waals surface area contributed by atoms with Gasteiger partial charge in [0, 0.05) is 20.2 Å². The lowest BCUT2D eigenvalue weighted by molar-refractivity contribution is -0.114. The number of ether oxygens (including phenoxy) is 2. The van der Waals surface area contributed by atoms with Gasteiger partial charge >= 0.3 is 11.9 Å². The maximum Gasteiger partial charge on any atom is 0.356 e. The number of esters is 2. The quantitative estimate of drug-likeness (QED) is 0.821. The molecule has 0 aliphatic rings. The second-order valence-corrected chi connectivity index (χ2v) is 3.77. The van der Waals surface area contributed by atoms with Gasteiger partial charge in [0.25, 0.3) is 0 Å². The van der Waals surface area contributed by atoms with Crippen molar-refractivity contribution in [1.29, 1.82) is 0 Å². The van der Waals surface area contributed by atoms with Crippen molar-refractivity contribution in [2.75, 3.05) is 19.0 Å². The summed E-state index contributed by atoms with van der Waals surface area (Å²) in [6, 6.07) is 0. The number of hydrogen-bond donors (Lipinski definition) is 1. The van der Waals surface area contributed by atoms with E-state index < -0.39 is 17.8 Å². The molecule has 0 aliphatic heterocycles. The van der Waals surface area contributed by atoms with E-state index in [2.05, 4.69) is 10.1 Å². The molecule has 0 aromatic carbocycles. The summed E-state index contributed by atoms with van der Waals surface area (Å²) < 4.78 is 10.9. The van der Waals surface area contributed by atoms with Crippen LogP contribution in [0.5, 0.6) is 0 Å². The number of nitrogens with zero attached hydrogens (tertiary/aromatic N) is 1. The molecule has 1 amide bonds. The highest BCUT2D eigenvalue weighted by atomic mass is 16.5. The van der Waals surface area contributed by atoms with E-state index in [-0.39, 0.29) is 23.6 Å². The van der Waals surface area contributed by atoms with Gasteiger partial charge in [-0.3, -0.25) is 4.79 Å². The van der Waals surface area contributed by atoms with Crippen LogP contribution in [-0.2, 0) is 21.3 Å². The van der Waals surface area contributed by atoms with E-state index >= 15 is 0 Å². The summed E-state index contributed by atoms with van der Waals surface area (Å²) in [4.78, 5) is 34.7. The molecule has 0 radical (unpaired) electrons. The van der Waals surface area contributed by atoms with Crippen molar-refractivity contribution in [1.82, 2.24) is 4.57 Å². The van der Waals surface area contributed by atoms with Crippen LogP contribution in [0.15, 0.2) is 6.20 Å². The van der Waals surface area contributed by atoms with Crippen LogP contribution in [0.1, 0.15) is 34.7 Å². The number of carbonyl (C=O) groups excluding carboxylic acids is 3. The normalized spacial score (nSPS) is 9.89. The Morgan fingerprint density at radius 3 is 2.42 bits per heavy atom. The van der Waals surface area contributed by atoms with E-state index in [1.807, 2.05) is 0 Å². The first-order valence-electron chi connectivity index (χ1n) is 5.64. The molecule has 0 bridgehead atoms. The summed E-state index contributed by atoms with van der Waals surface area (Å²) in [5, 5.41) is 2.46. The fraction of sp³-hybridized carbons (Fsp3) is 0.417. The molecule has 104 valence electrons. The van der Waals surface area contributed by atoms with Gasteiger partial charge in [0.2, 0.25) is 5.91 Å². The van der Waals surface area contributed by atoms with Crippen LogP contribution in [0.25, 0.3) is 0 Å². The summed E-state index contributed by atoms with van der Waals surface area (Å²) in [7, 11) is 2.79. The molecular formula is C12H16N2O5. The third kappa shape index (κ3) is 3.12. The predicted molar refractivity (Wildman–Crippen MR) is 67.0 cm³/mol. The highest BCUT2D eigenvalue weighted by molar-refractivity contribution is 6.08. The number of methoxy groups -OCH3 is 1. The largest absolute Gasteiger partial charge is 0.464 e. The van der Waals surface area contributed by atoms with Gasteiger partial charge in [-0.05, 0) is 6.92 Å². The average Bonchev–Trinajstić information content (AvgIpc) is 2.65. The molecule has 0 spiro atoms. The molecule has 7 heteroatoms. The summed E-state index contributed by atoms with van der Waals surface area (Å²) in [6.07, 6.45) is 1.41. The van der Waals surface area contributed by atoms with Crippen molar-refractivity contribution < 1.29 is 23.9 Å². The summed E-state index contributed by atoms with van der Waals surface area (Å²) in [5.41, 5.74) is 0.293. The number of aryl methyl sites for hydroxylation is 1. The monoisotopic (exact) mass is 268 g/mol. The van der Waals surface area contributed by atoms with E-state index in [9.17, 15) is 14.4 Å². The molecule has 1 aromatic rings. The van der Waals surface area contributed by atoms with Crippen molar-refractivity contribution in [3.05, 3.63) is 17.5 Å². The van der Waals surface area contributed by atoms with Crippen molar-refractivity contribution in [2.24, 2.45) is 7.05 Å². The van der Waals surface area contributed by atoms with Gasteiger partial charge in [-0.1, -0.05) is 0 Å². The molecule has 0 unspecified atom stereocenters. The van der Waals surface area contributed by atoms with Crippen LogP contribution in [0.4, 0.5) is 5.69 Å². The smallest absolute Gasteiger partial charge is 0.356 e. The average molecular weight is 268 g/mol. The molecular weight excluding hydrogens is 252 g/mol. The maximum atomic E-state index is 11.8. The second kappa shape index (κ2) is 6.03. The molecule has 1 heterocycles. The van der Waals surface area contributed by atoms with Gasteiger partial charge in [0.05, 0.1) is 19.4 Å². The van der Waals surface area contributed by atoms with Gasteiger partial charge < -0.3 is 19.4 Å². The van der Waals surface area contributed by atoms with Crippen molar-refractivity contribution >= 4 is 23.5 Å². The lowest BCUT2D eigenvalue weighted by Crippen LogP contribution is -2.15. The highest BCUT2D eigenvalue weighted by Gasteiger charge is 2.26. The lowest BCUT2D eigenvalue weighted by Gasteiger charge is -2.07. The first kappa shape index (κ1) is 14.7. The van der Waals surface area contributed by atoms with E-state index in [1.165, 1.54) is 24.8 Å². The zero-order chi connectivity index (χ0) is 14.6. The van der Waals surface area contributed by atoms with Gasteiger partial charge in [0.15, 0.2) is 5.69 Å². The Morgan fingerprint density at radius 1 is 1.32 bits per heavy atom. The van der Waals surface area contributed by atoms with Crippen LogP contribution >= 0.6 is 0 Å². The number of rotatable bonds is 4. The number of aromatic nitrogens is 1. The molecule has 7 nitrogen and oxygen atoms in total. The van der Waals surface area contributed by atoms with Gasteiger partial charge in [-0.25, -0.2) is 9.59 Å². The van der Waals surface area contributed by atoms with Crippen molar-refractivity contribution in [3.8, 4) is 0 Å². The molecule has 19 heavy (non-hydrogen) atoms. The second-order valence-electron chi connectivity index (χ2n) is 3.77. The minimum absolute atomic E-state index is 0.0840. The Morgan fingerprint density at radius 2 is 1.95 bits per heavy atom. The third-order valence-corrected chi connectivity index (χ3v) is 2.36. The van der Waals surface area contributed by atoms with Crippen LogP contribution in [-0.4, -0.2) is 36.1 Å². The van der Waals surface area contributed by atoms with Gasteiger partial charge in [-0.15, -0.1) is 0 Å². The number of nitrogens with one attached hydrogen (secondary N) is 1. The van der Waals surface area contributed by atoms with Crippen molar-refractivity contribution in [2.45, 2.75) is 13.8 Å². The summed E-state index contributed by atoms with van der Waals surface area (Å²) in [6.45, 7) is 3.14. The molecule has 1 aromatic heterocycles. The zero-order valence-corrected chi connectivity index (χ0v) is 11.3. The summed E-state index contributed by atoms with van der Waals surface area (Å²) >= 11 is 0. The SMILES string of the molecule is CCOC(=O)c1cn(C)c(C(=O)OC)c1NC(C)=O. The number of amides is 1. The fourth-order valence-corrected chi connectivity index (χ4v) is 1.64. The molecule has 0 saturated heterocycles. The Kier molecular flexibility index (Phi) is 4.68. The minimum atomic E-state index is -0.651. The molecule has 1 rings (SSSR count). The number of carbonyl (C=O) groups is 3. The Labute approximate surface area is 110 Å². The maximum absolute atomic E-state index is 11.8. The minimum Gasteiger partial charge on any atom is -0.464 e. The van der Waals surface area contributed by atoms with Crippen molar-refractivity contribution in [3.63, 3.8) is 0 Å². The van der Waals surface area contributed by atoms with E-state index in [4.69, 9.17) is 4.74 Å².